The third-order valence-corrected chi connectivity index (χ3v) is 8.52. The number of halogens is 6. The van der Waals surface area contributed by atoms with Crippen LogP contribution in [0.5, 0.6) is 0 Å². The second-order valence-corrected chi connectivity index (χ2v) is 11.4. The molecule has 1 saturated heterocycles. The summed E-state index contributed by atoms with van der Waals surface area (Å²) in [6.45, 7) is 0.527. The summed E-state index contributed by atoms with van der Waals surface area (Å²) in [6, 6.07) is 6.27. The predicted octanol–water partition coefficient (Wildman–Crippen LogP) is 6.41. The van der Waals surface area contributed by atoms with Gasteiger partial charge in [-0.25, -0.2) is 4.98 Å². The number of piperidine rings is 1. The lowest BCUT2D eigenvalue weighted by molar-refractivity contribution is -0.176. The molecule has 210 valence electrons. The number of benzene rings is 2. The number of nitrogens with one attached hydrogen (secondary N) is 2. The summed E-state index contributed by atoms with van der Waals surface area (Å²) in [5.74, 6) is -0.981. The van der Waals surface area contributed by atoms with E-state index in [2.05, 4.69) is 15.6 Å². The maximum Gasteiger partial charge on any atom is 0.393 e. The number of anilines is 3. The Morgan fingerprint density at radius 2 is 1.92 bits per heavy atom. The molecule has 2 fully saturated rings. The fourth-order valence-electron chi connectivity index (χ4n) is 4.95. The number of nitrogens with zero attached hydrogens (tertiary/aromatic N) is 3. The number of carbonyl (C=O) groups is 1. The molecule has 0 bridgehead atoms. The smallest absolute Gasteiger partial charge is 0.370 e. The number of imidazole rings is 1. The largest absolute Gasteiger partial charge is 0.393 e. The molecule has 2 aromatic carbocycles. The van der Waals surface area contributed by atoms with Crippen LogP contribution in [0, 0.1) is 11.8 Å². The van der Waals surface area contributed by atoms with Gasteiger partial charge in [0.25, 0.3) is 0 Å². The van der Waals surface area contributed by atoms with E-state index in [0.29, 0.717) is 62.0 Å². The lowest BCUT2D eigenvalue weighted by Gasteiger charge is -2.35. The van der Waals surface area contributed by atoms with Crippen LogP contribution in [0.3, 0.4) is 0 Å². The molecule has 4 N–H and O–H groups in total. The minimum absolute atomic E-state index is 0.108. The molecule has 5 rings (SSSR count). The van der Waals surface area contributed by atoms with Crippen LogP contribution in [0.2, 0.25) is 15.1 Å². The number of hydrogen-bond donors (Lipinski definition) is 3. The van der Waals surface area contributed by atoms with Crippen molar-refractivity contribution < 1.29 is 18.0 Å². The number of nitrogens with two attached hydrogens (primary N) is 1. The zero-order valence-electron chi connectivity index (χ0n) is 21.1. The number of aromatic nitrogens is 2. The second kappa shape index (κ2) is 10.9. The number of carbonyl (C=O) groups excluding carboxylic acids is 1. The summed E-state index contributed by atoms with van der Waals surface area (Å²) in [5, 5.41) is 6.99. The van der Waals surface area contributed by atoms with Gasteiger partial charge in [-0.2, -0.15) is 13.2 Å². The molecule has 13 heteroatoms. The highest BCUT2D eigenvalue weighted by Gasteiger charge is 2.42. The van der Waals surface area contributed by atoms with Crippen molar-refractivity contribution in [2.75, 3.05) is 23.3 Å². The Morgan fingerprint density at radius 1 is 1.18 bits per heavy atom. The number of rotatable bonds is 7. The van der Waals surface area contributed by atoms with Crippen LogP contribution in [-0.4, -0.2) is 40.8 Å². The molecule has 1 aliphatic carbocycles. The number of hydrogen-bond acceptors (Lipinski definition) is 5. The van der Waals surface area contributed by atoms with E-state index < -0.39 is 18.1 Å². The van der Waals surface area contributed by atoms with E-state index >= 15 is 0 Å². The Morgan fingerprint density at radius 3 is 2.62 bits per heavy atom. The molecule has 1 amide bonds. The molecule has 1 saturated carbocycles. The molecule has 0 spiro atoms. The number of fused-ring (bicyclic) bond motifs is 1. The molecule has 2 atom stereocenters. The summed E-state index contributed by atoms with van der Waals surface area (Å²) >= 11 is 19.6. The third kappa shape index (κ3) is 5.89. The van der Waals surface area contributed by atoms with Gasteiger partial charge in [0.05, 0.1) is 49.4 Å². The maximum absolute atomic E-state index is 13.4. The standard InChI is InChI=1S/C26H28Cl3F3N6O/c1-37-20-10-19(38-8-2-3-15(12-38)26(30,31)32)17(28)9-18(20)35-25(37)36-23-16(27)7-6-14(21(23)29)11-34-24(39)22(33)13-4-5-13/h6-7,9-10,13,15,22H,2-5,8,11-12,33H2,1H3,(H,34,39)(H,35,36)/t15?,22-/m1/s1. The van der Waals surface area contributed by atoms with Gasteiger partial charge in [-0.1, -0.05) is 40.9 Å². The van der Waals surface area contributed by atoms with Crippen molar-refractivity contribution in [1.82, 2.24) is 14.9 Å². The van der Waals surface area contributed by atoms with Crippen molar-refractivity contribution in [3.05, 3.63) is 44.9 Å². The summed E-state index contributed by atoms with van der Waals surface area (Å²) in [7, 11) is 1.77. The predicted molar refractivity (Wildman–Crippen MR) is 149 cm³/mol. The van der Waals surface area contributed by atoms with Gasteiger partial charge in [-0.3, -0.25) is 4.79 Å². The summed E-state index contributed by atoms with van der Waals surface area (Å²) in [6.07, 6.45) is -1.80. The van der Waals surface area contributed by atoms with Crippen molar-refractivity contribution in [2.45, 2.75) is 44.4 Å². The van der Waals surface area contributed by atoms with Gasteiger partial charge < -0.3 is 25.8 Å². The van der Waals surface area contributed by atoms with Gasteiger partial charge in [0, 0.05) is 26.7 Å². The minimum atomic E-state index is -4.25. The van der Waals surface area contributed by atoms with Crippen LogP contribution < -0.4 is 21.3 Å². The first-order valence-corrected chi connectivity index (χ1v) is 13.8. The molecular formula is C26H28Cl3F3N6O. The van der Waals surface area contributed by atoms with Crippen LogP contribution in [0.4, 0.5) is 30.5 Å². The Kier molecular flexibility index (Phi) is 7.85. The number of amides is 1. The average molecular weight is 604 g/mol. The van der Waals surface area contributed by atoms with Crippen molar-refractivity contribution in [1.29, 1.82) is 0 Å². The minimum Gasteiger partial charge on any atom is -0.370 e. The Bertz CT molecular complexity index is 1410. The Balaban J connectivity index is 1.38. The molecule has 1 aromatic heterocycles. The van der Waals surface area contributed by atoms with Gasteiger partial charge in [0.1, 0.15) is 0 Å². The highest BCUT2D eigenvalue weighted by molar-refractivity contribution is 6.39. The number of alkyl halides is 3. The first kappa shape index (κ1) is 28.1. The third-order valence-electron chi connectivity index (χ3n) is 7.47. The first-order valence-electron chi connectivity index (χ1n) is 12.7. The molecule has 7 nitrogen and oxygen atoms in total. The number of aryl methyl sites for hydroxylation is 1. The summed E-state index contributed by atoms with van der Waals surface area (Å²) in [5.41, 5.74) is 8.80. The quantitative estimate of drug-likeness (QED) is 0.291. The van der Waals surface area contributed by atoms with Crippen LogP contribution in [0.1, 0.15) is 31.2 Å². The SMILES string of the molecule is Cn1c(Nc2c(Cl)ccc(CNC(=O)[C@H](N)C3CC3)c2Cl)nc2cc(Cl)c(N3CCCC(C(F)(F)F)C3)cc21. The molecule has 0 radical (unpaired) electrons. The topological polar surface area (TPSA) is 88.2 Å². The van der Waals surface area contributed by atoms with E-state index in [1.807, 2.05) is 0 Å². The molecule has 2 heterocycles. The highest BCUT2D eigenvalue weighted by Crippen LogP contribution is 2.40. The van der Waals surface area contributed by atoms with Crippen LogP contribution in [0.15, 0.2) is 24.3 Å². The molecule has 1 unspecified atom stereocenters. The molecule has 2 aliphatic rings. The van der Waals surface area contributed by atoms with E-state index in [4.69, 9.17) is 40.5 Å². The molecular weight excluding hydrogens is 576 g/mol. The van der Waals surface area contributed by atoms with E-state index in [1.165, 1.54) is 0 Å². The summed E-state index contributed by atoms with van der Waals surface area (Å²) < 4.78 is 41.9. The molecule has 39 heavy (non-hydrogen) atoms. The van der Waals surface area contributed by atoms with Gasteiger partial charge in [-0.15, -0.1) is 0 Å². The zero-order chi connectivity index (χ0) is 28.1. The monoisotopic (exact) mass is 602 g/mol. The summed E-state index contributed by atoms with van der Waals surface area (Å²) in [4.78, 5) is 18.6. The van der Waals surface area contributed by atoms with Crippen LogP contribution >= 0.6 is 34.8 Å². The van der Waals surface area contributed by atoms with Gasteiger partial charge in [0.2, 0.25) is 11.9 Å². The van der Waals surface area contributed by atoms with Crippen LogP contribution in [0.25, 0.3) is 11.0 Å². The van der Waals surface area contributed by atoms with Crippen molar-refractivity contribution >= 4 is 69.1 Å². The van der Waals surface area contributed by atoms with Crippen molar-refractivity contribution in [3.8, 4) is 0 Å². The highest BCUT2D eigenvalue weighted by atomic mass is 35.5. The van der Waals surface area contributed by atoms with Gasteiger partial charge >= 0.3 is 6.18 Å². The van der Waals surface area contributed by atoms with Gasteiger partial charge in [0.15, 0.2) is 0 Å². The lowest BCUT2D eigenvalue weighted by Crippen LogP contribution is -2.41. The van der Waals surface area contributed by atoms with Crippen molar-refractivity contribution in [3.63, 3.8) is 0 Å². The van der Waals surface area contributed by atoms with E-state index in [9.17, 15) is 18.0 Å². The van der Waals surface area contributed by atoms with Crippen molar-refractivity contribution in [2.24, 2.45) is 24.6 Å². The Hall–Kier alpha value is -2.40. The zero-order valence-corrected chi connectivity index (χ0v) is 23.4. The first-order chi connectivity index (χ1) is 18.4. The molecule has 1 aliphatic heterocycles. The Labute approximate surface area is 238 Å². The lowest BCUT2D eigenvalue weighted by atomic mass is 9.97. The normalized spacial score (nSPS) is 18.9. The van der Waals surface area contributed by atoms with Crippen LogP contribution in [-0.2, 0) is 18.4 Å². The van der Waals surface area contributed by atoms with E-state index in [-0.39, 0.29) is 31.3 Å². The fraction of sp³-hybridized carbons (Fsp3) is 0.462. The fourth-order valence-corrected chi connectivity index (χ4v) is 5.76. The second-order valence-electron chi connectivity index (χ2n) is 10.2. The maximum atomic E-state index is 13.4. The van der Waals surface area contributed by atoms with E-state index in [0.717, 1.165) is 12.8 Å². The average Bonchev–Trinajstić information content (AvgIpc) is 3.70. The van der Waals surface area contributed by atoms with E-state index in [1.54, 1.807) is 40.8 Å². The van der Waals surface area contributed by atoms with Gasteiger partial charge in [-0.05, 0) is 55.4 Å². The molecule has 3 aromatic rings.